The third kappa shape index (κ3) is 4.61. The van der Waals surface area contributed by atoms with E-state index in [1.54, 1.807) is 0 Å². The van der Waals surface area contributed by atoms with Gasteiger partial charge in [-0.05, 0) is 49.3 Å². The Labute approximate surface area is 127 Å². The summed E-state index contributed by atoms with van der Waals surface area (Å²) in [6.07, 6.45) is 3.40. The van der Waals surface area contributed by atoms with Crippen LogP contribution in [0.5, 0.6) is 0 Å². The molecule has 0 aromatic heterocycles. The van der Waals surface area contributed by atoms with E-state index >= 15 is 0 Å². The predicted molar refractivity (Wildman–Crippen MR) is 85.8 cm³/mol. The summed E-state index contributed by atoms with van der Waals surface area (Å²) in [4.78, 5) is 12.4. The maximum absolute atomic E-state index is 12.4. The highest BCUT2D eigenvalue weighted by Gasteiger charge is 2.25. The van der Waals surface area contributed by atoms with Gasteiger partial charge in [0, 0.05) is 17.2 Å². The number of benzene rings is 1. The Hall–Kier alpha value is -1.79. The Morgan fingerprint density at radius 2 is 2.00 bits per heavy atom. The van der Waals surface area contributed by atoms with E-state index in [-0.39, 0.29) is 11.9 Å². The van der Waals surface area contributed by atoms with Gasteiger partial charge in [0.15, 0.2) is 0 Å². The Balaban J connectivity index is 2.03. The summed E-state index contributed by atoms with van der Waals surface area (Å²) < 4.78 is 0. The molecular weight excluding hydrogens is 260 g/mol. The fraction of sp³-hybridized carbons (Fsp3) is 0.500. The highest BCUT2D eigenvalue weighted by atomic mass is 16.1. The zero-order valence-corrected chi connectivity index (χ0v) is 12.9. The monoisotopic (exact) mass is 284 g/mol. The molecule has 2 rings (SSSR count). The highest BCUT2D eigenvalue weighted by Crippen LogP contribution is 2.28. The van der Waals surface area contributed by atoms with Gasteiger partial charge in [0.1, 0.15) is 0 Å². The number of nitrogens with one attached hydrogen (secondary N) is 1. The summed E-state index contributed by atoms with van der Waals surface area (Å²) >= 11 is 0. The van der Waals surface area contributed by atoms with Crippen LogP contribution in [-0.4, -0.2) is 18.5 Å². The number of amides is 1. The quantitative estimate of drug-likeness (QED) is 0.820. The maximum atomic E-state index is 12.4. The Kier molecular flexibility index (Phi) is 5.41. The normalized spacial score (nSPS) is 24.8. The minimum atomic E-state index is -0.00213. The van der Waals surface area contributed by atoms with Crippen LogP contribution < -0.4 is 11.1 Å². The summed E-state index contributed by atoms with van der Waals surface area (Å²) in [5.41, 5.74) is 6.87. The number of hydrogen-bond acceptors (Lipinski definition) is 2. The third-order valence-corrected chi connectivity index (χ3v) is 3.97. The molecule has 0 radical (unpaired) electrons. The summed E-state index contributed by atoms with van der Waals surface area (Å²) in [5, 5.41) is 3.17. The van der Waals surface area contributed by atoms with Crippen molar-refractivity contribution in [2.45, 2.75) is 39.2 Å². The van der Waals surface area contributed by atoms with Crippen LogP contribution in [0.1, 0.15) is 49.0 Å². The first-order chi connectivity index (χ1) is 10.1. The van der Waals surface area contributed by atoms with E-state index in [0.717, 1.165) is 18.4 Å². The van der Waals surface area contributed by atoms with Gasteiger partial charge in [-0.1, -0.05) is 31.8 Å². The molecule has 3 N–H and O–H groups in total. The third-order valence-electron chi connectivity index (χ3n) is 3.97. The van der Waals surface area contributed by atoms with Crippen molar-refractivity contribution in [3.63, 3.8) is 0 Å². The van der Waals surface area contributed by atoms with Crippen LogP contribution in [0.3, 0.4) is 0 Å². The van der Waals surface area contributed by atoms with Gasteiger partial charge in [0.05, 0.1) is 6.54 Å². The number of carbonyl (C=O) groups is 1. The molecule has 112 valence electrons. The summed E-state index contributed by atoms with van der Waals surface area (Å²) in [7, 11) is 0. The van der Waals surface area contributed by atoms with Crippen molar-refractivity contribution in [3.05, 3.63) is 35.4 Å². The van der Waals surface area contributed by atoms with E-state index in [1.807, 2.05) is 24.3 Å². The van der Waals surface area contributed by atoms with Gasteiger partial charge < -0.3 is 11.1 Å². The highest BCUT2D eigenvalue weighted by molar-refractivity contribution is 5.94. The van der Waals surface area contributed by atoms with Crippen molar-refractivity contribution in [3.8, 4) is 11.8 Å². The van der Waals surface area contributed by atoms with Crippen LogP contribution in [-0.2, 0) is 0 Å². The first kappa shape index (κ1) is 15.6. The van der Waals surface area contributed by atoms with Crippen LogP contribution in [0.4, 0.5) is 0 Å². The molecule has 1 aliphatic carbocycles. The number of hydrogen-bond donors (Lipinski definition) is 2. The molecule has 1 aromatic carbocycles. The van der Waals surface area contributed by atoms with E-state index in [9.17, 15) is 4.79 Å². The molecule has 0 bridgehead atoms. The second kappa shape index (κ2) is 7.28. The van der Waals surface area contributed by atoms with E-state index in [4.69, 9.17) is 5.73 Å². The van der Waals surface area contributed by atoms with Gasteiger partial charge in [-0.15, -0.1) is 0 Å². The number of rotatable bonds is 2. The van der Waals surface area contributed by atoms with Crippen LogP contribution in [0.15, 0.2) is 24.3 Å². The summed E-state index contributed by atoms with van der Waals surface area (Å²) in [6.45, 7) is 4.85. The van der Waals surface area contributed by atoms with Crippen molar-refractivity contribution < 1.29 is 4.79 Å². The van der Waals surface area contributed by atoms with Crippen molar-refractivity contribution >= 4 is 5.91 Å². The molecular formula is C18H24N2O. The molecule has 1 saturated carbocycles. The van der Waals surface area contributed by atoms with Crippen molar-refractivity contribution in [1.82, 2.24) is 5.32 Å². The smallest absolute Gasteiger partial charge is 0.251 e. The Bertz CT molecular complexity index is 546. The molecule has 2 atom stereocenters. The second-order valence-electron chi connectivity index (χ2n) is 6.17. The summed E-state index contributed by atoms with van der Waals surface area (Å²) in [5.74, 6) is 7.13. The lowest BCUT2D eigenvalue weighted by atomic mass is 9.80. The minimum Gasteiger partial charge on any atom is -0.349 e. The van der Waals surface area contributed by atoms with Crippen LogP contribution in [0.25, 0.3) is 0 Å². The van der Waals surface area contributed by atoms with Crippen molar-refractivity contribution in [2.24, 2.45) is 17.6 Å². The molecule has 0 spiro atoms. The molecule has 0 aliphatic heterocycles. The number of carbonyl (C=O) groups excluding carboxylic acids is 1. The topological polar surface area (TPSA) is 55.1 Å². The zero-order chi connectivity index (χ0) is 15.2. The standard InChI is InChI=1S/C18H24N2O/c1-13-9-14(2)11-17(10-13)20-18(21)16-7-3-5-15(12-16)6-4-8-19/h3,5,7,12-14,17H,8-11,19H2,1-2H3,(H,20,21). The molecule has 0 saturated heterocycles. The first-order valence-electron chi connectivity index (χ1n) is 7.68. The second-order valence-corrected chi connectivity index (χ2v) is 6.17. The molecule has 3 nitrogen and oxygen atoms in total. The van der Waals surface area contributed by atoms with Crippen molar-refractivity contribution in [2.75, 3.05) is 6.54 Å². The zero-order valence-electron chi connectivity index (χ0n) is 12.9. The van der Waals surface area contributed by atoms with E-state index in [1.165, 1.54) is 6.42 Å². The average molecular weight is 284 g/mol. The Morgan fingerprint density at radius 1 is 1.29 bits per heavy atom. The molecule has 3 heteroatoms. The predicted octanol–water partition coefficient (Wildman–Crippen LogP) is 2.55. The first-order valence-corrected chi connectivity index (χ1v) is 7.68. The molecule has 1 aliphatic rings. The minimum absolute atomic E-state index is 0.00213. The van der Waals surface area contributed by atoms with Gasteiger partial charge in [-0.3, -0.25) is 4.79 Å². The van der Waals surface area contributed by atoms with E-state index in [0.29, 0.717) is 23.9 Å². The molecule has 0 heterocycles. The lowest BCUT2D eigenvalue weighted by Crippen LogP contribution is -2.40. The molecule has 1 amide bonds. The molecule has 2 unspecified atom stereocenters. The largest absolute Gasteiger partial charge is 0.349 e. The fourth-order valence-corrected chi connectivity index (χ4v) is 3.22. The van der Waals surface area contributed by atoms with Gasteiger partial charge in [0.25, 0.3) is 5.91 Å². The molecule has 21 heavy (non-hydrogen) atoms. The number of nitrogens with two attached hydrogens (primary N) is 1. The lowest BCUT2D eigenvalue weighted by molar-refractivity contribution is 0.0911. The summed E-state index contributed by atoms with van der Waals surface area (Å²) in [6, 6.07) is 7.70. The van der Waals surface area contributed by atoms with Gasteiger partial charge in [-0.2, -0.15) is 0 Å². The average Bonchev–Trinajstić information content (AvgIpc) is 2.44. The van der Waals surface area contributed by atoms with Gasteiger partial charge in [0.2, 0.25) is 0 Å². The van der Waals surface area contributed by atoms with Gasteiger partial charge >= 0.3 is 0 Å². The van der Waals surface area contributed by atoms with E-state index < -0.39 is 0 Å². The van der Waals surface area contributed by atoms with Crippen LogP contribution in [0, 0.1) is 23.7 Å². The lowest BCUT2D eigenvalue weighted by Gasteiger charge is -2.32. The SMILES string of the molecule is CC1CC(C)CC(NC(=O)c2cccc(C#CCN)c2)C1. The van der Waals surface area contributed by atoms with Crippen molar-refractivity contribution in [1.29, 1.82) is 0 Å². The van der Waals surface area contributed by atoms with Crippen LogP contribution in [0.2, 0.25) is 0 Å². The fourth-order valence-electron chi connectivity index (χ4n) is 3.22. The Morgan fingerprint density at radius 3 is 2.67 bits per heavy atom. The van der Waals surface area contributed by atoms with E-state index in [2.05, 4.69) is 31.0 Å². The van der Waals surface area contributed by atoms with Gasteiger partial charge in [-0.25, -0.2) is 0 Å². The van der Waals surface area contributed by atoms with Crippen LogP contribution >= 0.6 is 0 Å². The molecule has 1 fully saturated rings. The molecule has 1 aromatic rings. The maximum Gasteiger partial charge on any atom is 0.251 e.